The van der Waals surface area contributed by atoms with E-state index in [0.717, 1.165) is 5.56 Å². The second-order valence-corrected chi connectivity index (χ2v) is 6.38. The molecule has 0 aliphatic heterocycles. The van der Waals surface area contributed by atoms with Crippen LogP contribution in [0.15, 0.2) is 91.0 Å². The van der Waals surface area contributed by atoms with Gasteiger partial charge in [-0.3, -0.25) is 4.79 Å². The molecule has 5 nitrogen and oxygen atoms in total. The van der Waals surface area contributed by atoms with Gasteiger partial charge in [-0.2, -0.15) is 0 Å². The molecule has 29 heavy (non-hydrogen) atoms. The van der Waals surface area contributed by atoms with E-state index in [1.807, 2.05) is 48.5 Å². The predicted molar refractivity (Wildman–Crippen MR) is 110 cm³/mol. The SMILES string of the molecule is O=C(c1ccccc1)c1nnc(-c2ccccc2)c(-c2ccccc2)c1C(=O)O. The van der Waals surface area contributed by atoms with Gasteiger partial charge in [-0.1, -0.05) is 91.0 Å². The Morgan fingerprint density at radius 1 is 0.655 bits per heavy atom. The minimum Gasteiger partial charge on any atom is -0.478 e. The van der Waals surface area contributed by atoms with Crippen LogP contribution in [0.2, 0.25) is 0 Å². The largest absolute Gasteiger partial charge is 0.478 e. The first kappa shape index (κ1) is 18.3. The molecule has 0 aliphatic carbocycles. The predicted octanol–water partition coefficient (Wildman–Crippen LogP) is 4.74. The van der Waals surface area contributed by atoms with E-state index in [-0.39, 0.29) is 11.3 Å². The van der Waals surface area contributed by atoms with Crippen LogP contribution in [-0.4, -0.2) is 27.1 Å². The number of carboxylic acid groups (broad SMARTS) is 1. The molecule has 0 fully saturated rings. The van der Waals surface area contributed by atoms with Gasteiger partial charge in [0, 0.05) is 16.7 Å². The summed E-state index contributed by atoms with van der Waals surface area (Å²) in [6.45, 7) is 0. The van der Waals surface area contributed by atoms with Crippen LogP contribution in [0.25, 0.3) is 22.4 Å². The summed E-state index contributed by atoms with van der Waals surface area (Å²) in [6.07, 6.45) is 0. The van der Waals surface area contributed by atoms with E-state index in [2.05, 4.69) is 10.2 Å². The van der Waals surface area contributed by atoms with Crippen molar-refractivity contribution in [3.05, 3.63) is 108 Å². The average Bonchev–Trinajstić information content (AvgIpc) is 2.79. The number of carbonyl (C=O) groups is 2. The maximum absolute atomic E-state index is 13.0. The Labute approximate surface area is 167 Å². The lowest BCUT2D eigenvalue weighted by molar-refractivity contribution is 0.0692. The first-order valence-corrected chi connectivity index (χ1v) is 9.01. The van der Waals surface area contributed by atoms with Gasteiger partial charge in [0.15, 0.2) is 0 Å². The number of hydrogen-bond donors (Lipinski definition) is 1. The number of aromatic carboxylic acids is 1. The minimum atomic E-state index is -1.23. The van der Waals surface area contributed by atoms with Crippen LogP contribution >= 0.6 is 0 Å². The maximum Gasteiger partial charge on any atom is 0.338 e. The molecule has 5 heteroatoms. The van der Waals surface area contributed by atoms with Crippen molar-refractivity contribution in [2.24, 2.45) is 0 Å². The topological polar surface area (TPSA) is 80.2 Å². The quantitative estimate of drug-likeness (QED) is 0.506. The van der Waals surface area contributed by atoms with Gasteiger partial charge in [0.2, 0.25) is 5.78 Å². The second kappa shape index (κ2) is 7.86. The summed E-state index contributed by atoms with van der Waals surface area (Å²) in [5.74, 6) is -1.71. The van der Waals surface area contributed by atoms with Crippen LogP contribution in [0.3, 0.4) is 0 Å². The summed E-state index contributed by atoms with van der Waals surface area (Å²) in [7, 11) is 0. The van der Waals surface area contributed by atoms with Gasteiger partial charge < -0.3 is 5.11 Å². The molecule has 0 atom stereocenters. The fraction of sp³-hybridized carbons (Fsp3) is 0. The molecule has 3 aromatic carbocycles. The molecule has 0 radical (unpaired) electrons. The van der Waals surface area contributed by atoms with Gasteiger partial charge in [-0.05, 0) is 5.56 Å². The van der Waals surface area contributed by atoms with Crippen molar-refractivity contribution < 1.29 is 14.7 Å². The molecule has 4 aromatic rings. The molecule has 4 rings (SSSR count). The zero-order valence-electron chi connectivity index (χ0n) is 15.3. The van der Waals surface area contributed by atoms with Crippen molar-refractivity contribution in [2.45, 2.75) is 0 Å². The van der Waals surface area contributed by atoms with Crippen molar-refractivity contribution in [3.63, 3.8) is 0 Å². The number of hydrogen-bond acceptors (Lipinski definition) is 4. The molecular formula is C24H16N2O3. The van der Waals surface area contributed by atoms with Gasteiger partial charge in [-0.15, -0.1) is 10.2 Å². The molecule has 0 unspecified atom stereocenters. The molecule has 0 saturated carbocycles. The third-order valence-electron chi connectivity index (χ3n) is 4.55. The first-order valence-electron chi connectivity index (χ1n) is 9.01. The lowest BCUT2D eigenvalue weighted by atomic mass is 9.92. The molecule has 0 saturated heterocycles. The standard InChI is InChI=1S/C24H16N2O3/c27-23(18-14-8-3-9-15-18)22-20(24(28)29)19(16-10-4-1-5-11-16)21(25-26-22)17-12-6-2-7-13-17/h1-15H,(H,28,29). The van der Waals surface area contributed by atoms with E-state index >= 15 is 0 Å². The lowest BCUT2D eigenvalue weighted by Gasteiger charge is -2.14. The highest BCUT2D eigenvalue weighted by Gasteiger charge is 2.28. The van der Waals surface area contributed by atoms with E-state index in [9.17, 15) is 14.7 Å². The normalized spacial score (nSPS) is 10.5. The van der Waals surface area contributed by atoms with Crippen molar-refractivity contribution in [2.75, 3.05) is 0 Å². The van der Waals surface area contributed by atoms with E-state index in [1.54, 1.807) is 42.5 Å². The highest BCUT2D eigenvalue weighted by molar-refractivity contribution is 6.16. The van der Waals surface area contributed by atoms with Crippen molar-refractivity contribution >= 4 is 11.8 Å². The summed E-state index contributed by atoms with van der Waals surface area (Å²) >= 11 is 0. The fourth-order valence-electron chi connectivity index (χ4n) is 3.21. The highest BCUT2D eigenvalue weighted by Crippen LogP contribution is 2.34. The Morgan fingerprint density at radius 3 is 1.72 bits per heavy atom. The number of aromatic nitrogens is 2. The number of rotatable bonds is 5. The van der Waals surface area contributed by atoms with E-state index in [4.69, 9.17) is 0 Å². The number of carboxylic acids is 1. The smallest absolute Gasteiger partial charge is 0.338 e. The van der Waals surface area contributed by atoms with Crippen LogP contribution in [-0.2, 0) is 0 Å². The summed E-state index contributed by atoms with van der Waals surface area (Å²) in [6, 6.07) is 26.8. The van der Waals surface area contributed by atoms with Crippen LogP contribution in [0.4, 0.5) is 0 Å². The zero-order chi connectivity index (χ0) is 20.2. The van der Waals surface area contributed by atoms with Crippen LogP contribution in [0, 0.1) is 0 Å². The third kappa shape index (κ3) is 3.53. The number of ketones is 1. The Kier molecular flexibility index (Phi) is 4.95. The Balaban J connectivity index is 2.03. The highest BCUT2D eigenvalue weighted by atomic mass is 16.4. The molecule has 0 aliphatic rings. The molecule has 0 bridgehead atoms. The fourth-order valence-corrected chi connectivity index (χ4v) is 3.21. The summed E-state index contributed by atoms with van der Waals surface area (Å²) in [5, 5.41) is 18.4. The Hall–Kier alpha value is -4.12. The van der Waals surface area contributed by atoms with Crippen molar-refractivity contribution in [3.8, 4) is 22.4 Å². The average molecular weight is 380 g/mol. The number of nitrogens with zero attached hydrogens (tertiary/aromatic N) is 2. The molecule has 1 heterocycles. The number of carbonyl (C=O) groups excluding carboxylic acids is 1. The third-order valence-corrected chi connectivity index (χ3v) is 4.55. The number of benzene rings is 3. The summed E-state index contributed by atoms with van der Waals surface area (Å²) < 4.78 is 0. The van der Waals surface area contributed by atoms with Crippen LogP contribution in [0.5, 0.6) is 0 Å². The van der Waals surface area contributed by atoms with E-state index in [0.29, 0.717) is 22.4 Å². The van der Waals surface area contributed by atoms with Gasteiger partial charge in [0.05, 0.1) is 0 Å². The van der Waals surface area contributed by atoms with Crippen molar-refractivity contribution in [1.82, 2.24) is 10.2 Å². The first-order chi connectivity index (χ1) is 14.2. The second-order valence-electron chi connectivity index (χ2n) is 6.38. The molecule has 1 aromatic heterocycles. The van der Waals surface area contributed by atoms with Gasteiger partial charge in [0.25, 0.3) is 0 Å². The minimum absolute atomic E-state index is 0.154. The zero-order valence-corrected chi connectivity index (χ0v) is 15.3. The van der Waals surface area contributed by atoms with E-state index in [1.165, 1.54) is 0 Å². The molecule has 0 amide bonds. The van der Waals surface area contributed by atoms with Crippen LogP contribution < -0.4 is 0 Å². The Morgan fingerprint density at radius 2 is 1.17 bits per heavy atom. The van der Waals surface area contributed by atoms with Crippen molar-refractivity contribution in [1.29, 1.82) is 0 Å². The monoisotopic (exact) mass is 380 g/mol. The summed E-state index contributed by atoms with van der Waals surface area (Å²) in [5.41, 5.74) is 2.19. The van der Waals surface area contributed by atoms with E-state index < -0.39 is 11.8 Å². The van der Waals surface area contributed by atoms with Crippen LogP contribution in [0.1, 0.15) is 26.4 Å². The Bertz CT molecular complexity index is 1170. The maximum atomic E-state index is 13.0. The van der Waals surface area contributed by atoms with Gasteiger partial charge >= 0.3 is 5.97 Å². The van der Waals surface area contributed by atoms with Gasteiger partial charge in [0.1, 0.15) is 17.0 Å². The lowest BCUT2D eigenvalue weighted by Crippen LogP contribution is -2.16. The summed E-state index contributed by atoms with van der Waals surface area (Å²) in [4.78, 5) is 25.4. The molecule has 1 N–H and O–H groups in total. The van der Waals surface area contributed by atoms with Gasteiger partial charge in [-0.25, -0.2) is 4.79 Å². The molecule has 0 spiro atoms. The molecule has 140 valence electrons. The molecular weight excluding hydrogens is 364 g/mol.